The summed E-state index contributed by atoms with van der Waals surface area (Å²) in [6.45, 7) is 0.842. The van der Waals surface area contributed by atoms with Crippen molar-refractivity contribution in [1.82, 2.24) is 0 Å². The molecule has 2 nitrogen and oxygen atoms in total. The zero-order valence-corrected chi connectivity index (χ0v) is 9.08. The zero-order valence-electron chi connectivity index (χ0n) is 9.08. The summed E-state index contributed by atoms with van der Waals surface area (Å²) in [6, 6.07) is 3.12. The van der Waals surface area contributed by atoms with Crippen molar-refractivity contribution in [1.29, 1.82) is 0 Å². The number of halogens is 2. The summed E-state index contributed by atoms with van der Waals surface area (Å²) < 4.78 is 35.7. The highest BCUT2D eigenvalue weighted by atomic mass is 19.1. The third-order valence-electron chi connectivity index (χ3n) is 1.88. The van der Waals surface area contributed by atoms with Crippen LogP contribution in [0.3, 0.4) is 0 Å². The average molecular weight is 228 g/mol. The molecular weight excluding hydrogens is 214 g/mol. The molecule has 0 N–H and O–H groups in total. The van der Waals surface area contributed by atoms with Crippen molar-refractivity contribution in [3.05, 3.63) is 42.0 Å². The lowest BCUT2D eigenvalue weighted by Gasteiger charge is -2.04. The van der Waals surface area contributed by atoms with Crippen LogP contribution < -0.4 is 4.74 Å². The SMILES string of the molecule is COCC/C=C/COc1cc(F)ccc1F. The lowest BCUT2D eigenvalue weighted by Crippen LogP contribution is -1.97. The van der Waals surface area contributed by atoms with E-state index in [-0.39, 0.29) is 12.4 Å². The maximum atomic E-state index is 13.1. The van der Waals surface area contributed by atoms with Gasteiger partial charge in [0.25, 0.3) is 0 Å². The van der Waals surface area contributed by atoms with Crippen LogP contribution in [-0.2, 0) is 4.74 Å². The van der Waals surface area contributed by atoms with E-state index in [9.17, 15) is 8.78 Å². The van der Waals surface area contributed by atoms with E-state index < -0.39 is 11.6 Å². The van der Waals surface area contributed by atoms with E-state index in [1.54, 1.807) is 13.2 Å². The number of ether oxygens (including phenoxy) is 2. The topological polar surface area (TPSA) is 18.5 Å². The van der Waals surface area contributed by atoms with Crippen LogP contribution in [0.4, 0.5) is 8.78 Å². The van der Waals surface area contributed by atoms with Gasteiger partial charge in [0.05, 0.1) is 0 Å². The van der Waals surface area contributed by atoms with Gasteiger partial charge in [-0.2, -0.15) is 0 Å². The van der Waals surface area contributed by atoms with E-state index in [0.29, 0.717) is 6.61 Å². The van der Waals surface area contributed by atoms with Crippen LogP contribution in [-0.4, -0.2) is 20.3 Å². The van der Waals surface area contributed by atoms with Crippen LogP contribution in [0.15, 0.2) is 30.4 Å². The molecule has 0 atom stereocenters. The van der Waals surface area contributed by atoms with Crippen molar-refractivity contribution in [3.8, 4) is 5.75 Å². The molecule has 0 aromatic heterocycles. The molecule has 0 aliphatic rings. The normalized spacial score (nSPS) is 10.9. The first-order chi connectivity index (χ1) is 7.74. The van der Waals surface area contributed by atoms with Gasteiger partial charge in [0.15, 0.2) is 11.6 Å². The van der Waals surface area contributed by atoms with Gasteiger partial charge >= 0.3 is 0 Å². The highest BCUT2D eigenvalue weighted by Crippen LogP contribution is 2.17. The van der Waals surface area contributed by atoms with Gasteiger partial charge in [0, 0.05) is 19.8 Å². The Morgan fingerprint density at radius 2 is 2.06 bits per heavy atom. The minimum Gasteiger partial charge on any atom is -0.486 e. The van der Waals surface area contributed by atoms with Crippen LogP contribution >= 0.6 is 0 Å². The zero-order chi connectivity index (χ0) is 11.8. The first-order valence-corrected chi connectivity index (χ1v) is 4.96. The number of rotatable bonds is 6. The molecule has 1 rings (SSSR count). The van der Waals surface area contributed by atoms with Crippen LogP contribution in [0.25, 0.3) is 0 Å². The molecule has 16 heavy (non-hydrogen) atoms. The van der Waals surface area contributed by atoms with Gasteiger partial charge in [-0.25, -0.2) is 8.78 Å². The molecule has 0 heterocycles. The summed E-state index contributed by atoms with van der Waals surface area (Å²) in [4.78, 5) is 0. The van der Waals surface area contributed by atoms with Crippen molar-refractivity contribution in [2.75, 3.05) is 20.3 Å². The number of methoxy groups -OCH3 is 1. The Hall–Kier alpha value is -1.42. The summed E-state index contributed by atoms with van der Waals surface area (Å²) in [5.41, 5.74) is 0. The lowest BCUT2D eigenvalue weighted by atomic mass is 10.3. The van der Waals surface area contributed by atoms with Crippen LogP contribution in [0.2, 0.25) is 0 Å². The summed E-state index contributed by atoms with van der Waals surface area (Å²) in [5, 5.41) is 0. The molecule has 0 aliphatic heterocycles. The molecule has 0 unspecified atom stereocenters. The quantitative estimate of drug-likeness (QED) is 0.550. The molecule has 1 aromatic rings. The second-order valence-electron chi connectivity index (χ2n) is 3.14. The van der Waals surface area contributed by atoms with Crippen LogP contribution in [0, 0.1) is 11.6 Å². The Kier molecular flexibility index (Phi) is 5.50. The molecule has 0 radical (unpaired) electrons. The molecule has 0 spiro atoms. The highest BCUT2D eigenvalue weighted by molar-refractivity contribution is 5.25. The smallest absolute Gasteiger partial charge is 0.165 e. The maximum absolute atomic E-state index is 13.1. The minimum absolute atomic E-state index is 0.0728. The van der Waals surface area contributed by atoms with E-state index in [1.165, 1.54) is 0 Å². The van der Waals surface area contributed by atoms with Crippen molar-refractivity contribution in [2.24, 2.45) is 0 Å². The molecule has 0 saturated carbocycles. The van der Waals surface area contributed by atoms with E-state index in [1.807, 2.05) is 6.08 Å². The Morgan fingerprint density at radius 1 is 1.25 bits per heavy atom. The molecule has 88 valence electrons. The number of hydrogen-bond acceptors (Lipinski definition) is 2. The van der Waals surface area contributed by atoms with E-state index in [4.69, 9.17) is 9.47 Å². The second-order valence-corrected chi connectivity index (χ2v) is 3.14. The first kappa shape index (κ1) is 12.6. The molecule has 4 heteroatoms. The standard InChI is InChI=1S/C12H14F2O2/c1-15-7-3-2-4-8-16-12-9-10(13)5-6-11(12)14/h2,4-6,9H,3,7-8H2,1H3/b4-2+. The van der Waals surface area contributed by atoms with Crippen molar-refractivity contribution >= 4 is 0 Å². The molecule has 0 saturated heterocycles. The van der Waals surface area contributed by atoms with Crippen LogP contribution in [0.1, 0.15) is 6.42 Å². The Morgan fingerprint density at radius 3 is 2.81 bits per heavy atom. The van der Waals surface area contributed by atoms with Crippen molar-refractivity contribution in [2.45, 2.75) is 6.42 Å². The van der Waals surface area contributed by atoms with Gasteiger partial charge in [-0.1, -0.05) is 12.2 Å². The molecule has 0 fully saturated rings. The minimum atomic E-state index is -0.563. The maximum Gasteiger partial charge on any atom is 0.165 e. The fraction of sp³-hybridized carbons (Fsp3) is 0.333. The summed E-state index contributed by atoms with van der Waals surface area (Å²) in [7, 11) is 1.62. The molecule has 0 aliphatic carbocycles. The van der Waals surface area contributed by atoms with Gasteiger partial charge in [0.2, 0.25) is 0 Å². The fourth-order valence-corrected chi connectivity index (χ4v) is 1.10. The van der Waals surface area contributed by atoms with Gasteiger partial charge in [-0.15, -0.1) is 0 Å². The van der Waals surface area contributed by atoms with Gasteiger partial charge < -0.3 is 9.47 Å². The summed E-state index contributed by atoms with van der Waals surface area (Å²) in [5.74, 6) is -1.15. The predicted molar refractivity (Wildman–Crippen MR) is 57.5 cm³/mol. The Labute approximate surface area is 93.5 Å². The molecular formula is C12H14F2O2. The summed E-state index contributed by atoms with van der Waals surface area (Å²) >= 11 is 0. The Bertz CT molecular complexity index is 351. The van der Waals surface area contributed by atoms with Gasteiger partial charge in [-0.3, -0.25) is 0 Å². The number of hydrogen-bond donors (Lipinski definition) is 0. The van der Waals surface area contributed by atoms with Crippen molar-refractivity contribution in [3.63, 3.8) is 0 Å². The molecule has 0 bridgehead atoms. The number of benzene rings is 1. The van der Waals surface area contributed by atoms with E-state index in [0.717, 1.165) is 24.6 Å². The van der Waals surface area contributed by atoms with E-state index >= 15 is 0 Å². The predicted octanol–water partition coefficient (Wildman–Crippen LogP) is 2.94. The fourth-order valence-electron chi connectivity index (χ4n) is 1.10. The third-order valence-corrected chi connectivity index (χ3v) is 1.88. The van der Waals surface area contributed by atoms with Gasteiger partial charge in [-0.05, 0) is 18.6 Å². The Balaban J connectivity index is 2.36. The third kappa shape index (κ3) is 4.40. The van der Waals surface area contributed by atoms with Crippen molar-refractivity contribution < 1.29 is 18.3 Å². The average Bonchev–Trinajstić information content (AvgIpc) is 2.28. The lowest BCUT2D eigenvalue weighted by molar-refractivity contribution is 0.204. The highest BCUT2D eigenvalue weighted by Gasteiger charge is 2.03. The van der Waals surface area contributed by atoms with Crippen LogP contribution in [0.5, 0.6) is 5.75 Å². The molecule has 0 amide bonds. The monoisotopic (exact) mass is 228 g/mol. The molecule has 1 aromatic carbocycles. The largest absolute Gasteiger partial charge is 0.486 e. The van der Waals surface area contributed by atoms with Gasteiger partial charge in [0.1, 0.15) is 12.4 Å². The first-order valence-electron chi connectivity index (χ1n) is 4.96. The summed E-state index contributed by atoms with van der Waals surface area (Å²) in [6.07, 6.45) is 4.37. The van der Waals surface area contributed by atoms with E-state index in [2.05, 4.69) is 0 Å². The second kappa shape index (κ2) is 6.95.